The third-order valence-electron chi connectivity index (χ3n) is 1.37. The van der Waals surface area contributed by atoms with Crippen molar-refractivity contribution in [1.82, 2.24) is 0 Å². The first kappa shape index (κ1) is 5.65. The Morgan fingerprint density at radius 3 is 2.50 bits per heavy atom. The van der Waals surface area contributed by atoms with E-state index in [9.17, 15) is 0 Å². The number of rotatable bonds is 0. The lowest BCUT2D eigenvalue weighted by Gasteiger charge is -2.10. The average Bonchev–Trinajstić information content (AvgIpc) is 1.77. The number of hydrogen-bond donors (Lipinski definition) is 1. The number of aliphatic hydroxyl groups is 1. The van der Waals surface area contributed by atoms with E-state index in [0.717, 1.165) is 12.8 Å². The maximum Gasteiger partial charge on any atom is 0.114 e. The van der Waals surface area contributed by atoms with Crippen molar-refractivity contribution in [3.63, 3.8) is 0 Å². The SMILES string of the molecule is CC1C#CC(O)CC1. The monoisotopic (exact) mass is 110 g/mol. The van der Waals surface area contributed by atoms with Crippen molar-refractivity contribution in [2.45, 2.75) is 25.9 Å². The summed E-state index contributed by atoms with van der Waals surface area (Å²) in [7, 11) is 0. The minimum absolute atomic E-state index is 0.341. The van der Waals surface area contributed by atoms with Crippen molar-refractivity contribution >= 4 is 0 Å². The quantitative estimate of drug-likeness (QED) is 0.457. The molecule has 0 aromatic heterocycles. The van der Waals surface area contributed by atoms with Crippen LogP contribution in [0.25, 0.3) is 0 Å². The van der Waals surface area contributed by atoms with E-state index in [1.54, 1.807) is 0 Å². The Balaban J connectivity index is 2.52. The maximum absolute atomic E-state index is 8.85. The molecule has 44 valence electrons. The molecule has 0 radical (unpaired) electrons. The summed E-state index contributed by atoms with van der Waals surface area (Å²) in [6.45, 7) is 2.08. The third kappa shape index (κ3) is 1.24. The minimum Gasteiger partial charge on any atom is -0.380 e. The molecule has 1 aliphatic carbocycles. The predicted molar refractivity (Wildman–Crippen MR) is 32.2 cm³/mol. The van der Waals surface area contributed by atoms with Gasteiger partial charge in [-0.1, -0.05) is 18.8 Å². The summed E-state index contributed by atoms with van der Waals surface area (Å²) in [6.07, 6.45) is 1.56. The molecule has 1 rings (SSSR count). The van der Waals surface area contributed by atoms with Gasteiger partial charge in [0.05, 0.1) is 0 Å². The van der Waals surface area contributed by atoms with Gasteiger partial charge < -0.3 is 5.11 Å². The van der Waals surface area contributed by atoms with Crippen LogP contribution in [0.5, 0.6) is 0 Å². The largest absolute Gasteiger partial charge is 0.380 e. The van der Waals surface area contributed by atoms with Gasteiger partial charge in [-0.3, -0.25) is 0 Å². The lowest BCUT2D eigenvalue weighted by molar-refractivity contribution is 0.209. The van der Waals surface area contributed by atoms with Crippen molar-refractivity contribution in [2.24, 2.45) is 5.92 Å². The van der Waals surface area contributed by atoms with E-state index in [0.29, 0.717) is 5.92 Å². The summed E-state index contributed by atoms with van der Waals surface area (Å²) in [6, 6.07) is 0. The van der Waals surface area contributed by atoms with Gasteiger partial charge in [0.2, 0.25) is 0 Å². The summed E-state index contributed by atoms with van der Waals surface area (Å²) in [5, 5.41) is 8.85. The van der Waals surface area contributed by atoms with E-state index >= 15 is 0 Å². The van der Waals surface area contributed by atoms with Crippen molar-refractivity contribution in [1.29, 1.82) is 0 Å². The van der Waals surface area contributed by atoms with Crippen LogP contribution in [0.1, 0.15) is 19.8 Å². The summed E-state index contributed by atoms with van der Waals surface area (Å²) in [5.74, 6) is 6.17. The molecule has 1 aliphatic rings. The van der Waals surface area contributed by atoms with Gasteiger partial charge in [-0.15, -0.1) is 0 Å². The topological polar surface area (TPSA) is 20.2 Å². The normalized spacial score (nSPS) is 35.8. The molecule has 0 heterocycles. The highest BCUT2D eigenvalue weighted by atomic mass is 16.3. The van der Waals surface area contributed by atoms with Crippen LogP contribution in [0.3, 0.4) is 0 Å². The summed E-state index contributed by atoms with van der Waals surface area (Å²) in [5.41, 5.74) is 0. The van der Waals surface area contributed by atoms with Crippen molar-refractivity contribution in [2.75, 3.05) is 0 Å². The fourth-order valence-electron chi connectivity index (χ4n) is 0.791. The Morgan fingerprint density at radius 1 is 1.38 bits per heavy atom. The third-order valence-corrected chi connectivity index (χ3v) is 1.37. The standard InChI is InChI=1S/C7H10O/c1-6-2-4-7(8)5-3-6/h6-8H,2,4H2,1H3. The first-order valence-electron chi connectivity index (χ1n) is 2.98. The second-order valence-corrected chi connectivity index (χ2v) is 2.28. The molecule has 0 aliphatic heterocycles. The second-order valence-electron chi connectivity index (χ2n) is 2.28. The maximum atomic E-state index is 8.85. The minimum atomic E-state index is -0.341. The molecular weight excluding hydrogens is 100 g/mol. The molecule has 1 heteroatoms. The highest BCUT2D eigenvalue weighted by Gasteiger charge is 2.07. The molecule has 0 bridgehead atoms. The fourth-order valence-corrected chi connectivity index (χ4v) is 0.791. The smallest absolute Gasteiger partial charge is 0.114 e. The molecule has 2 unspecified atom stereocenters. The Morgan fingerprint density at radius 2 is 2.12 bits per heavy atom. The van der Waals surface area contributed by atoms with Gasteiger partial charge in [0.25, 0.3) is 0 Å². The van der Waals surface area contributed by atoms with Gasteiger partial charge in [0, 0.05) is 5.92 Å². The second kappa shape index (κ2) is 2.19. The Hall–Kier alpha value is -0.480. The fraction of sp³-hybridized carbons (Fsp3) is 0.714. The Kier molecular flexibility index (Phi) is 1.55. The van der Waals surface area contributed by atoms with Crippen LogP contribution in [0.2, 0.25) is 0 Å². The lowest BCUT2D eigenvalue weighted by Crippen LogP contribution is -2.10. The van der Waals surface area contributed by atoms with E-state index in [-0.39, 0.29) is 6.10 Å². The van der Waals surface area contributed by atoms with Crippen molar-refractivity contribution in [3.05, 3.63) is 0 Å². The van der Waals surface area contributed by atoms with E-state index < -0.39 is 0 Å². The van der Waals surface area contributed by atoms with Gasteiger partial charge in [-0.25, -0.2) is 0 Å². The molecule has 8 heavy (non-hydrogen) atoms. The van der Waals surface area contributed by atoms with Crippen LogP contribution in [0.15, 0.2) is 0 Å². The van der Waals surface area contributed by atoms with E-state index in [1.807, 2.05) is 0 Å². The molecule has 0 aromatic rings. The molecule has 0 saturated heterocycles. The highest BCUT2D eigenvalue weighted by molar-refractivity contribution is 5.10. The van der Waals surface area contributed by atoms with Gasteiger partial charge in [-0.05, 0) is 12.8 Å². The van der Waals surface area contributed by atoms with E-state index in [4.69, 9.17) is 5.11 Å². The molecule has 0 saturated carbocycles. The van der Waals surface area contributed by atoms with Crippen LogP contribution in [0, 0.1) is 17.8 Å². The van der Waals surface area contributed by atoms with Crippen molar-refractivity contribution in [3.8, 4) is 11.8 Å². The molecule has 0 amide bonds. The zero-order valence-electron chi connectivity index (χ0n) is 5.02. The first-order valence-corrected chi connectivity index (χ1v) is 2.98. The lowest BCUT2D eigenvalue weighted by atomic mass is 9.99. The highest BCUT2D eigenvalue weighted by Crippen LogP contribution is 2.10. The van der Waals surface area contributed by atoms with Crippen LogP contribution in [-0.2, 0) is 0 Å². The zero-order valence-corrected chi connectivity index (χ0v) is 5.02. The van der Waals surface area contributed by atoms with Gasteiger partial charge in [0.1, 0.15) is 6.10 Å². The molecule has 0 aromatic carbocycles. The summed E-state index contributed by atoms with van der Waals surface area (Å²) >= 11 is 0. The molecular formula is C7H10O. The van der Waals surface area contributed by atoms with Crippen molar-refractivity contribution < 1.29 is 5.11 Å². The van der Waals surface area contributed by atoms with Gasteiger partial charge in [-0.2, -0.15) is 0 Å². The van der Waals surface area contributed by atoms with Crippen LogP contribution in [-0.4, -0.2) is 11.2 Å². The first-order chi connectivity index (χ1) is 3.79. The van der Waals surface area contributed by atoms with E-state index in [1.165, 1.54) is 0 Å². The molecule has 0 fully saturated rings. The Bertz CT molecular complexity index is 115. The Labute approximate surface area is 49.7 Å². The van der Waals surface area contributed by atoms with Crippen LogP contribution < -0.4 is 0 Å². The summed E-state index contributed by atoms with van der Waals surface area (Å²) < 4.78 is 0. The molecule has 1 N–H and O–H groups in total. The van der Waals surface area contributed by atoms with Crippen LogP contribution in [0.4, 0.5) is 0 Å². The van der Waals surface area contributed by atoms with Gasteiger partial charge >= 0.3 is 0 Å². The average molecular weight is 110 g/mol. The van der Waals surface area contributed by atoms with Gasteiger partial charge in [0.15, 0.2) is 0 Å². The number of hydrogen-bond acceptors (Lipinski definition) is 1. The molecule has 0 spiro atoms. The zero-order chi connectivity index (χ0) is 5.98. The van der Waals surface area contributed by atoms with E-state index in [2.05, 4.69) is 18.8 Å². The predicted octanol–water partition coefficient (Wildman–Crippen LogP) is 0.781. The summed E-state index contributed by atoms with van der Waals surface area (Å²) in [4.78, 5) is 0. The number of aliphatic hydroxyl groups excluding tert-OH is 1. The molecule has 2 atom stereocenters. The molecule has 1 nitrogen and oxygen atoms in total. The van der Waals surface area contributed by atoms with Crippen LogP contribution >= 0.6 is 0 Å².